The summed E-state index contributed by atoms with van der Waals surface area (Å²) in [4.78, 5) is 15.2. The minimum atomic E-state index is -0.767. The quantitative estimate of drug-likeness (QED) is 0.834. The molecule has 1 amide bonds. The first-order chi connectivity index (χ1) is 8.97. The molecule has 0 radical (unpaired) electrons. The van der Waals surface area contributed by atoms with Crippen LogP contribution in [0.5, 0.6) is 0 Å². The Hall–Kier alpha value is -1.53. The summed E-state index contributed by atoms with van der Waals surface area (Å²) < 4.78 is 26.2. The number of carbonyl (C=O) groups is 1. The van der Waals surface area contributed by atoms with Crippen molar-refractivity contribution in [1.82, 2.24) is 4.98 Å². The monoisotopic (exact) mass is 346 g/mol. The SMILES string of the molecule is O=C(Nc1c(Cl)cc(F)cc1Br)c1ccnc(F)c1. The van der Waals surface area contributed by atoms with E-state index in [1.807, 2.05) is 0 Å². The number of anilines is 1. The molecule has 0 spiro atoms. The van der Waals surface area contributed by atoms with Crippen LogP contribution in [-0.4, -0.2) is 10.9 Å². The summed E-state index contributed by atoms with van der Waals surface area (Å²) in [6, 6.07) is 4.56. The van der Waals surface area contributed by atoms with Crippen LogP contribution < -0.4 is 5.32 Å². The molecule has 98 valence electrons. The standard InChI is InChI=1S/C12H6BrClF2N2O/c13-8-4-7(15)5-9(14)11(8)18-12(19)6-1-2-17-10(16)3-6/h1-5H,(H,18,19). The zero-order valence-corrected chi connectivity index (χ0v) is 11.6. The molecule has 0 atom stereocenters. The van der Waals surface area contributed by atoms with Gasteiger partial charge in [-0.3, -0.25) is 4.79 Å². The molecule has 19 heavy (non-hydrogen) atoms. The summed E-state index contributed by atoms with van der Waals surface area (Å²) in [5.41, 5.74) is 0.296. The maximum atomic E-state index is 13.0. The molecule has 0 unspecified atom stereocenters. The highest BCUT2D eigenvalue weighted by atomic mass is 79.9. The number of carbonyl (C=O) groups excluding carboxylic acids is 1. The van der Waals surface area contributed by atoms with Crippen molar-refractivity contribution in [2.75, 3.05) is 5.32 Å². The molecule has 7 heteroatoms. The zero-order chi connectivity index (χ0) is 14.0. The highest BCUT2D eigenvalue weighted by Crippen LogP contribution is 2.32. The predicted octanol–water partition coefficient (Wildman–Crippen LogP) is 4.03. The smallest absolute Gasteiger partial charge is 0.255 e. The topological polar surface area (TPSA) is 42.0 Å². The van der Waals surface area contributed by atoms with Crippen LogP contribution in [0.2, 0.25) is 5.02 Å². The molecular weight excluding hydrogens is 341 g/mol. The molecule has 0 fully saturated rings. The highest BCUT2D eigenvalue weighted by Gasteiger charge is 2.13. The van der Waals surface area contributed by atoms with E-state index in [0.717, 1.165) is 18.2 Å². The lowest BCUT2D eigenvalue weighted by atomic mass is 10.2. The number of halogens is 4. The van der Waals surface area contributed by atoms with E-state index in [2.05, 4.69) is 26.2 Å². The molecule has 0 saturated carbocycles. The van der Waals surface area contributed by atoms with Crippen LogP contribution in [0.15, 0.2) is 34.9 Å². The summed E-state index contributed by atoms with van der Waals surface area (Å²) >= 11 is 8.91. The van der Waals surface area contributed by atoms with E-state index in [1.54, 1.807) is 0 Å². The van der Waals surface area contributed by atoms with Crippen molar-refractivity contribution in [3.63, 3.8) is 0 Å². The number of nitrogens with zero attached hydrogens (tertiary/aromatic N) is 1. The molecule has 1 heterocycles. The molecule has 3 nitrogen and oxygen atoms in total. The van der Waals surface area contributed by atoms with Gasteiger partial charge in [0.1, 0.15) is 5.82 Å². The Morgan fingerprint density at radius 3 is 2.68 bits per heavy atom. The van der Waals surface area contributed by atoms with Crippen LogP contribution in [0.25, 0.3) is 0 Å². The van der Waals surface area contributed by atoms with Crippen LogP contribution in [0.1, 0.15) is 10.4 Å². The molecule has 1 aromatic carbocycles. The Labute approximate surface area is 120 Å². The van der Waals surface area contributed by atoms with Gasteiger partial charge in [-0.05, 0) is 34.1 Å². The molecule has 0 aliphatic rings. The van der Waals surface area contributed by atoms with E-state index in [1.165, 1.54) is 12.3 Å². The van der Waals surface area contributed by atoms with Crippen LogP contribution in [0, 0.1) is 11.8 Å². The first-order valence-electron chi connectivity index (χ1n) is 5.05. The van der Waals surface area contributed by atoms with E-state index in [0.29, 0.717) is 4.47 Å². The predicted molar refractivity (Wildman–Crippen MR) is 71.3 cm³/mol. The van der Waals surface area contributed by atoms with Gasteiger partial charge in [-0.1, -0.05) is 11.6 Å². The summed E-state index contributed by atoms with van der Waals surface area (Å²) in [7, 11) is 0. The van der Waals surface area contributed by atoms with Crippen LogP contribution in [0.4, 0.5) is 14.5 Å². The molecule has 0 aliphatic carbocycles. The lowest BCUT2D eigenvalue weighted by Gasteiger charge is -2.09. The third-order valence-electron chi connectivity index (χ3n) is 2.23. The van der Waals surface area contributed by atoms with E-state index < -0.39 is 17.7 Å². The van der Waals surface area contributed by atoms with Crippen LogP contribution in [-0.2, 0) is 0 Å². The summed E-state index contributed by atoms with van der Waals surface area (Å²) in [6.07, 6.45) is 1.17. The maximum Gasteiger partial charge on any atom is 0.255 e. The van der Waals surface area contributed by atoms with Gasteiger partial charge in [0.25, 0.3) is 5.91 Å². The molecule has 2 rings (SSSR count). The molecule has 0 bridgehead atoms. The van der Waals surface area contributed by atoms with Crippen molar-refractivity contribution in [1.29, 1.82) is 0 Å². The number of nitrogens with one attached hydrogen (secondary N) is 1. The van der Waals surface area contributed by atoms with Gasteiger partial charge in [-0.25, -0.2) is 9.37 Å². The average Bonchev–Trinajstić information content (AvgIpc) is 2.33. The molecule has 0 aliphatic heterocycles. The minimum Gasteiger partial charge on any atom is -0.320 e. The van der Waals surface area contributed by atoms with Gasteiger partial charge in [0.2, 0.25) is 5.95 Å². The summed E-state index contributed by atoms with van der Waals surface area (Å²) in [5.74, 6) is -1.88. The van der Waals surface area contributed by atoms with Crippen molar-refractivity contribution < 1.29 is 13.6 Å². The number of pyridine rings is 1. The second-order valence-corrected chi connectivity index (χ2v) is 4.83. The first-order valence-corrected chi connectivity index (χ1v) is 6.22. The zero-order valence-electron chi connectivity index (χ0n) is 9.25. The Kier molecular flexibility index (Phi) is 4.11. The van der Waals surface area contributed by atoms with Crippen molar-refractivity contribution >= 4 is 39.1 Å². The Bertz CT molecular complexity index is 628. The van der Waals surface area contributed by atoms with Crippen molar-refractivity contribution in [3.05, 3.63) is 57.3 Å². The van der Waals surface area contributed by atoms with E-state index in [-0.39, 0.29) is 16.3 Å². The fourth-order valence-electron chi connectivity index (χ4n) is 1.39. The second-order valence-electron chi connectivity index (χ2n) is 3.57. The molecule has 2 aromatic rings. The summed E-state index contributed by atoms with van der Waals surface area (Å²) in [6.45, 7) is 0. The van der Waals surface area contributed by atoms with Gasteiger partial charge in [0.15, 0.2) is 0 Å². The number of rotatable bonds is 2. The lowest BCUT2D eigenvalue weighted by Crippen LogP contribution is -2.13. The lowest BCUT2D eigenvalue weighted by molar-refractivity contribution is 0.102. The van der Waals surface area contributed by atoms with E-state index >= 15 is 0 Å². The van der Waals surface area contributed by atoms with Gasteiger partial charge < -0.3 is 5.32 Å². The van der Waals surface area contributed by atoms with Gasteiger partial charge in [-0.15, -0.1) is 0 Å². The van der Waals surface area contributed by atoms with Crippen molar-refractivity contribution in [2.45, 2.75) is 0 Å². The molecular formula is C12H6BrClF2N2O. The maximum absolute atomic E-state index is 13.0. The van der Waals surface area contributed by atoms with Crippen molar-refractivity contribution in [3.8, 4) is 0 Å². The highest BCUT2D eigenvalue weighted by molar-refractivity contribution is 9.10. The molecule has 1 N–H and O–H groups in total. The van der Waals surface area contributed by atoms with Crippen LogP contribution in [0.3, 0.4) is 0 Å². The fraction of sp³-hybridized carbons (Fsp3) is 0. The van der Waals surface area contributed by atoms with Gasteiger partial charge >= 0.3 is 0 Å². The van der Waals surface area contributed by atoms with Crippen LogP contribution >= 0.6 is 27.5 Å². The summed E-state index contributed by atoms with van der Waals surface area (Å²) in [5, 5.41) is 2.51. The van der Waals surface area contributed by atoms with E-state index in [9.17, 15) is 13.6 Å². The Morgan fingerprint density at radius 2 is 2.05 bits per heavy atom. The fourth-order valence-corrected chi connectivity index (χ4v) is 2.29. The number of benzene rings is 1. The van der Waals surface area contributed by atoms with Gasteiger partial charge in [-0.2, -0.15) is 4.39 Å². The van der Waals surface area contributed by atoms with Gasteiger partial charge in [0.05, 0.1) is 10.7 Å². The number of amides is 1. The average molecular weight is 348 g/mol. The Morgan fingerprint density at radius 1 is 1.32 bits per heavy atom. The number of hydrogen-bond donors (Lipinski definition) is 1. The normalized spacial score (nSPS) is 10.3. The van der Waals surface area contributed by atoms with E-state index in [4.69, 9.17) is 11.6 Å². The minimum absolute atomic E-state index is 0.0368. The molecule has 0 saturated heterocycles. The number of hydrogen-bond acceptors (Lipinski definition) is 2. The Balaban J connectivity index is 2.29. The second kappa shape index (κ2) is 5.63. The third kappa shape index (κ3) is 3.27. The number of aromatic nitrogens is 1. The largest absolute Gasteiger partial charge is 0.320 e. The third-order valence-corrected chi connectivity index (χ3v) is 3.16. The van der Waals surface area contributed by atoms with Crippen molar-refractivity contribution in [2.24, 2.45) is 0 Å². The molecule has 1 aromatic heterocycles. The van der Waals surface area contributed by atoms with Gasteiger partial charge in [0, 0.05) is 22.3 Å². The first kappa shape index (κ1) is 13.9.